The Kier molecular flexibility index (Phi) is 3.87. The van der Waals surface area contributed by atoms with Crippen LogP contribution in [0.25, 0.3) is 0 Å². The van der Waals surface area contributed by atoms with E-state index in [0.717, 1.165) is 6.07 Å². The molecule has 2 aromatic rings. The minimum Gasteiger partial charge on any atom is -0.497 e. The van der Waals surface area contributed by atoms with E-state index in [1.54, 1.807) is 7.05 Å². The zero-order valence-corrected chi connectivity index (χ0v) is 10.9. The summed E-state index contributed by atoms with van der Waals surface area (Å²) in [6.07, 6.45) is 1.31. The molecule has 0 saturated heterocycles. The van der Waals surface area contributed by atoms with E-state index in [9.17, 15) is 12.9 Å². The monoisotopic (exact) mass is 286 g/mol. The molecule has 0 aliphatic rings. The highest BCUT2D eigenvalue weighted by atomic mass is 19.4. The van der Waals surface area contributed by atoms with Crippen LogP contribution in [-0.2, 0) is 13.7 Å². The highest BCUT2D eigenvalue weighted by Gasteiger charge is 2.30. The predicted octanol–water partition coefficient (Wildman–Crippen LogP) is 1.46. The molecule has 1 aromatic heterocycles. The van der Waals surface area contributed by atoms with Gasteiger partial charge in [0.05, 0.1) is 12.9 Å². The third kappa shape index (κ3) is 3.04. The second-order valence-electron chi connectivity index (χ2n) is 4.07. The van der Waals surface area contributed by atoms with E-state index in [1.165, 1.54) is 30.3 Å². The van der Waals surface area contributed by atoms with E-state index in [1.807, 2.05) is 0 Å². The SMILES string of the molecule is COc1ccc(OCc2ncnn2C)c([B-](F)(F)F)c1. The van der Waals surface area contributed by atoms with E-state index in [2.05, 4.69) is 10.1 Å². The van der Waals surface area contributed by atoms with Crippen LogP contribution < -0.4 is 14.9 Å². The highest BCUT2D eigenvalue weighted by molar-refractivity contribution is 6.74. The summed E-state index contributed by atoms with van der Waals surface area (Å²) in [5.41, 5.74) is -0.827. The fraction of sp³-hybridized carbons (Fsp3) is 0.273. The van der Waals surface area contributed by atoms with Gasteiger partial charge in [-0.05, 0) is 18.2 Å². The lowest BCUT2D eigenvalue weighted by molar-refractivity contribution is 0.290. The topological polar surface area (TPSA) is 49.2 Å². The first-order valence-corrected chi connectivity index (χ1v) is 5.75. The Morgan fingerprint density at radius 2 is 2.05 bits per heavy atom. The Morgan fingerprint density at radius 3 is 2.60 bits per heavy atom. The van der Waals surface area contributed by atoms with Crippen molar-refractivity contribution < 1.29 is 22.4 Å². The molecule has 0 fully saturated rings. The minimum atomic E-state index is -5.19. The average Bonchev–Trinajstić information content (AvgIpc) is 2.80. The molecular formula is C11H12BF3N3O2-. The standard InChI is InChI=1S/C11H12BF3N3O2/c1-18-11(16-7-17-18)6-20-10-4-3-8(19-2)5-9(10)12(13,14)15/h3-5,7H,6H2,1-2H3/q-1. The van der Waals surface area contributed by atoms with E-state index in [4.69, 9.17) is 9.47 Å². The van der Waals surface area contributed by atoms with Crippen LogP contribution in [0.3, 0.4) is 0 Å². The van der Waals surface area contributed by atoms with Crippen LogP contribution in [0.15, 0.2) is 24.5 Å². The molecule has 20 heavy (non-hydrogen) atoms. The first kappa shape index (κ1) is 14.2. The third-order valence-electron chi connectivity index (χ3n) is 2.73. The molecule has 0 atom stereocenters. The van der Waals surface area contributed by atoms with Gasteiger partial charge in [-0.15, -0.1) is 0 Å². The summed E-state index contributed by atoms with van der Waals surface area (Å²) in [7, 11) is 2.94. The molecule has 1 aromatic carbocycles. The zero-order valence-electron chi connectivity index (χ0n) is 10.9. The van der Waals surface area contributed by atoms with Gasteiger partial charge in [-0.2, -0.15) is 5.10 Å². The molecule has 9 heteroatoms. The molecule has 0 bridgehead atoms. The maximum Gasteiger partial charge on any atom is 0.513 e. The van der Waals surface area contributed by atoms with Crippen LogP contribution in [0.1, 0.15) is 5.82 Å². The van der Waals surface area contributed by atoms with Crippen molar-refractivity contribution in [1.82, 2.24) is 14.8 Å². The number of rotatable bonds is 5. The van der Waals surface area contributed by atoms with Crippen molar-refractivity contribution in [2.24, 2.45) is 7.05 Å². The first-order chi connectivity index (χ1) is 9.41. The van der Waals surface area contributed by atoms with Crippen LogP contribution in [0.4, 0.5) is 12.9 Å². The van der Waals surface area contributed by atoms with Crippen molar-refractivity contribution in [1.29, 1.82) is 0 Å². The largest absolute Gasteiger partial charge is 0.513 e. The normalized spacial score (nSPS) is 11.4. The Bertz CT molecular complexity index is 601. The van der Waals surface area contributed by atoms with Gasteiger partial charge < -0.3 is 22.4 Å². The van der Waals surface area contributed by atoms with Gasteiger partial charge in [0.25, 0.3) is 0 Å². The minimum absolute atomic E-state index is 0.0952. The molecule has 0 radical (unpaired) electrons. The molecule has 2 rings (SSSR count). The summed E-state index contributed by atoms with van der Waals surface area (Å²) in [4.78, 5) is 3.88. The molecule has 0 amide bonds. The number of aryl methyl sites for hydroxylation is 1. The summed E-state index contributed by atoms with van der Waals surface area (Å²) >= 11 is 0. The zero-order chi connectivity index (χ0) is 14.8. The quantitative estimate of drug-likeness (QED) is 0.781. The molecule has 0 aliphatic carbocycles. The van der Waals surface area contributed by atoms with Crippen molar-refractivity contribution >= 4 is 12.4 Å². The van der Waals surface area contributed by atoms with Crippen molar-refractivity contribution in [2.75, 3.05) is 7.11 Å². The summed E-state index contributed by atoms with van der Waals surface area (Å²) in [5.74, 6) is 0.313. The Balaban J connectivity index is 2.25. The van der Waals surface area contributed by atoms with Gasteiger partial charge in [-0.25, -0.2) is 4.98 Å². The molecule has 0 saturated carbocycles. The van der Waals surface area contributed by atoms with Crippen LogP contribution >= 0.6 is 0 Å². The number of benzene rings is 1. The summed E-state index contributed by atoms with van der Waals surface area (Å²) in [6, 6.07) is 3.57. The number of halogens is 3. The predicted molar refractivity (Wildman–Crippen MR) is 67.0 cm³/mol. The molecule has 0 spiro atoms. The Labute approximate surface area is 113 Å². The van der Waals surface area contributed by atoms with E-state index < -0.39 is 12.4 Å². The van der Waals surface area contributed by atoms with E-state index in [0.29, 0.717) is 5.82 Å². The Hall–Kier alpha value is -2.19. The summed E-state index contributed by atoms with van der Waals surface area (Å²) in [5, 5.41) is 3.81. The second-order valence-corrected chi connectivity index (χ2v) is 4.07. The molecule has 0 unspecified atom stereocenters. The van der Waals surface area contributed by atoms with Gasteiger partial charge in [0.15, 0.2) is 5.82 Å². The van der Waals surface area contributed by atoms with Crippen LogP contribution in [0.5, 0.6) is 11.5 Å². The molecule has 1 heterocycles. The average molecular weight is 286 g/mol. The summed E-state index contributed by atoms with van der Waals surface area (Å²) < 4.78 is 50.5. The van der Waals surface area contributed by atoms with Crippen molar-refractivity contribution in [3.05, 3.63) is 30.4 Å². The van der Waals surface area contributed by atoms with Gasteiger partial charge >= 0.3 is 6.98 Å². The van der Waals surface area contributed by atoms with E-state index in [-0.39, 0.29) is 18.1 Å². The molecule has 0 aliphatic heterocycles. The fourth-order valence-corrected chi connectivity index (χ4v) is 1.63. The third-order valence-corrected chi connectivity index (χ3v) is 2.73. The number of nitrogens with zero attached hydrogens (tertiary/aromatic N) is 3. The summed E-state index contributed by atoms with van der Waals surface area (Å²) in [6.45, 7) is -5.29. The highest BCUT2D eigenvalue weighted by Crippen LogP contribution is 2.22. The van der Waals surface area contributed by atoms with Crippen molar-refractivity contribution in [2.45, 2.75) is 6.61 Å². The number of aromatic nitrogens is 3. The number of methoxy groups -OCH3 is 1. The van der Waals surface area contributed by atoms with Gasteiger partial charge in [-0.1, -0.05) is 5.46 Å². The molecular weight excluding hydrogens is 274 g/mol. The number of ether oxygens (including phenoxy) is 2. The van der Waals surface area contributed by atoms with Crippen LogP contribution in [0.2, 0.25) is 0 Å². The van der Waals surface area contributed by atoms with Crippen molar-refractivity contribution in [3.63, 3.8) is 0 Å². The smallest absolute Gasteiger partial charge is 0.497 e. The van der Waals surface area contributed by atoms with Gasteiger partial charge in [-0.3, -0.25) is 4.68 Å². The second kappa shape index (κ2) is 5.44. The maximum atomic E-state index is 13.0. The number of hydrogen-bond acceptors (Lipinski definition) is 4. The molecule has 108 valence electrons. The number of hydrogen-bond donors (Lipinski definition) is 0. The lowest BCUT2D eigenvalue weighted by Crippen LogP contribution is -2.35. The van der Waals surface area contributed by atoms with Gasteiger partial charge in [0.1, 0.15) is 18.7 Å². The molecule has 5 nitrogen and oxygen atoms in total. The lowest BCUT2D eigenvalue weighted by atomic mass is 9.79. The van der Waals surface area contributed by atoms with Crippen LogP contribution in [-0.4, -0.2) is 28.9 Å². The molecule has 0 N–H and O–H groups in total. The van der Waals surface area contributed by atoms with Crippen molar-refractivity contribution in [3.8, 4) is 11.5 Å². The van der Waals surface area contributed by atoms with Gasteiger partial charge in [0.2, 0.25) is 0 Å². The lowest BCUT2D eigenvalue weighted by Gasteiger charge is -2.20. The van der Waals surface area contributed by atoms with Gasteiger partial charge in [0, 0.05) is 7.05 Å². The Morgan fingerprint density at radius 1 is 1.30 bits per heavy atom. The fourth-order valence-electron chi connectivity index (χ4n) is 1.63. The van der Waals surface area contributed by atoms with E-state index >= 15 is 0 Å². The first-order valence-electron chi connectivity index (χ1n) is 5.75. The van der Waals surface area contributed by atoms with Crippen LogP contribution in [0, 0.1) is 0 Å². The maximum absolute atomic E-state index is 13.0.